The van der Waals surface area contributed by atoms with E-state index >= 15 is 0 Å². The van der Waals surface area contributed by atoms with Crippen molar-refractivity contribution >= 4 is 15.9 Å². The Hall–Kier alpha value is -3.00. The average molecular weight is 506 g/mol. The fourth-order valence-electron chi connectivity index (χ4n) is 5.20. The van der Waals surface area contributed by atoms with Gasteiger partial charge in [0, 0.05) is 13.6 Å². The van der Waals surface area contributed by atoms with Crippen molar-refractivity contribution in [3.8, 4) is 0 Å². The summed E-state index contributed by atoms with van der Waals surface area (Å²) in [4.78, 5) is 15.2. The molecule has 1 aliphatic heterocycles. The second-order valence-corrected chi connectivity index (χ2v) is 11.7. The van der Waals surface area contributed by atoms with Gasteiger partial charge in [0.05, 0.1) is 10.3 Å². The fraction of sp³-hybridized carbons (Fsp3) is 0.345. The predicted molar refractivity (Wildman–Crippen MR) is 143 cm³/mol. The van der Waals surface area contributed by atoms with Crippen LogP contribution in [0.3, 0.4) is 0 Å². The maximum atomic E-state index is 13.1. The number of piperidine rings is 1. The number of benzene rings is 3. The van der Waals surface area contributed by atoms with Crippen molar-refractivity contribution in [3.05, 3.63) is 102 Å². The third-order valence-corrected chi connectivity index (χ3v) is 9.34. The average Bonchev–Trinajstić information content (AvgIpc) is 2.92. The Kier molecular flexibility index (Phi) is 8.24. The van der Waals surface area contributed by atoms with E-state index < -0.39 is 15.4 Å². The molecule has 0 saturated carbocycles. The number of hydrogen-bond acceptors (Lipinski definition) is 4. The van der Waals surface area contributed by atoms with Crippen LogP contribution in [0.25, 0.3) is 0 Å². The third kappa shape index (κ3) is 5.69. The van der Waals surface area contributed by atoms with E-state index in [9.17, 15) is 13.2 Å². The summed E-state index contributed by atoms with van der Waals surface area (Å²) in [6, 6.07) is 28.5. The van der Waals surface area contributed by atoms with Crippen molar-refractivity contribution in [2.45, 2.75) is 35.5 Å². The number of nitrogens with zero attached hydrogens (tertiary/aromatic N) is 2. The molecule has 4 rings (SSSR count). The molecule has 0 radical (unpaired) electrons. The molecule has 0 aromatic heterocycles. The van der Waals surface area contributed by atoms with Crippen LogP contribution < -0.4 is 5.73 Å². The molecule has 1 amide bonds. The highest BCUT2D eigenvalue weighted by atomic mass is 32.2. The van der Waals surface area contributed by atoms with Gasteiger partial charge < -0.3 is 10.6 Å². The van der Waals surface area contributed by atoms with Gasteiger partial charge in [-0.05, 0) is 68.1 Å². The van der Waals surface area contributed by atoms with E-state index in [0.29, 0.717) is 24.3 Å². The first-order valence-electron chi connectivity index (χ1n) is 12.5. The van der Waals surface area contributed by atoms with E-state index in [4.69, 9.17) is 5.73 Å². The van der Waals surface area contributed by atoms with Crippen molar-refractivity contribution in [1.29, 1.82) is 0 Å². The van der Waals surface area contributed by atoms with E-state index in [1.54, 1.807) is 31.3 Å². The zero-order chi connectivity index (χ0) is 25.6. The Balaban J connectivity index is 1.44. The number of nitrogens with two attached hydrogens (primary N) is 1. The van der Waals surface area contributed by atoms with Crippen molar-refractivity contribution < 1.29 is 13.2 Å². The molecule has 1 aliphatic rings. The van der Waals surface area contributed by atoms with Gasteiger partial charge in [-0.3, -0.25) is 4.79 Å². The summed E-state index contributed by atoms with van der Waals surface area (Å²) in [7, 11) is -1.92. The highest BCUT2D eigenvalue weighted by molar-refractivity contribution is 7.89. The summed E-state index contributed by atoms with van der Waals surface area (Å²) in [6.45, 7) is 2.77. The van der Waals surface area contributed by atoms with Gasteiger partial charge in [0.25, 0.3) is 0 Å². The predicted octanol–water partition coefficient (Wildman–Crippen LogP) is 4.00. The first-order chi connectivity index (χ1) is 17.3. The van der Waals surface area contributed by atoms with Gasteiger partial charge in [-0.25, -0.2) is 12.7 Å². The van der Waals surface area contributed by atoms with Crippen LogP contribution in [0.4, 0.5) is 0 Å². The lowest BCUT2D eigenvalue weighted by molar-refractivity contribution is -0.125. The molecule has 3 aromatic rings. The summed E-state index contributed by atoms with van der Waals surface area (Å²) in [5.41, 5.74) is 7.40. The van der Waals surface area contributed by atoms with Crippen molar-refractivity contribution in [2.75, 3.05) is 33.2 Å². The molecule has 36 heavy (non-hydrogen) atoms. The maximum absolute atomic E-state index is 13.1. The molecule has 6 nitrogen and oxygen atoms in total. The quantitative estimate of drug-likeness (QED) is 0.451. The van der Waals surface area contributed by atoms with E-state index in [-0.39, 0.29) is 11.8 Å². The molecular formula is C29H35N3O3S. The van der Waals surface area contributed by atoms with Gasteiger partial charge in [-0.1, -0.05) is 78.9 Å². The minimum Gasteiger partial charge on any atom is -0.369 e. The van der Waals surface area contributed by atoms with Crippen LogP contribution in [0, 0.1) is 0 Å². The van der Waals surface area contributed by atoms with Crippen molar-refractivity contribution in [2.24, 2.45) is 5.73 Å². The molecule has 1 fully saturated rings. The van der Waals surface area contributed by atoms with E-state index in [0.717, 1.165) is 37.2 Å². The number of primary amides is 1. The van der Waals surface area contributed by atoms with Crippen LogP contribution in [-0.2, 0) is 20.2 Å². The van der Waals surface area contributed by atoms with Gasteiger partial charge >= 0.3 is 0 Å². The Labute approximate surface area is 214 Å². The first-order valence-corrected chi connectivity index (χ1v) is 13.9. The Bertz CT molecular complexity index is 1230. The summed E-state index contributed by atoms with van der Waals surface area (Å²) in [6.07, 6.45) is 2.18. The molecule has 0 aliphatic carbocycles. The summed E-state index contributed by atoms with van der Waals surface area (Å²) >= 11 is 0. The molecular weight excluding hydrogens is 470 g/mol. The van der Waals surface area contributed by atoms with Gasteiger partial charge in [0.15, 0.2) is 0 Å². The second kappa shape index (κ2) is 11.4. The molecule has 0 unspecified atom stereocenters. The number of amides is 1. The van der Waals surface area contributed by atoms with Crippen LogP contribution in [0.5, 0.6) is 0 Å². The summed E-state index contributed by atoms with van der Waals surface area (Å²) in [5.74, 6) is -0.213. The first kappa shape index (κ1) is 26.1. The Morgan fingerprint density at radius 3 is 2.00 bits per heavy atom. The zero-order valence-electron chi connectivity index (χ0n) is 20.8. The second-order valence-electron chi connectivity index (χ2n) is 9.65. The highest BCUT2D eigenvalue weighted by Gasteiger charge is 2.41. The number of likely N-dealkylation sites (N-methyl/N-ethyl adjacent to an activating group) is 1. The standard InChI is InChI=1S/C29H35N3O3S/c1-31(36(34,35)27-15-9-4-10-16-27)23-25(24-11-5-2-6-12-24)17-20-32-21-18-29(19-22-32,28(30)33)26-13-7-3-8-14-26/h2-16,25H,17-23H2,1H3,(H2,30,33)/t25-/m0/s1. The number of carbonyl (C=O) groups is 1. The van der Waals surface area contributed by atoms with E-state index in [1.165, 1.54) is 4.31 Å². The molecule has 7 heteroatoms. The summed E-state index contributed by atoms with van der Waals surface area (Å²) in [5, 5.41) is 0. The molecule has 2 N–H and O–H groups in total. The number of rotatable bonds is 10. The largest absolute Gasteiger partial charge is 0.369 e. The lowest BCUT2D eigenvalue weighted by Gasteiger charge is -2.40. The topological polar surface area (TPSA) is 83.7 Å². The third-order valence-electron chi connectivity index (χ3n) is 7.50. The number of sulfonamides is 1. The minimum atomic E-state index is -3.57. The molecule has 0 bridgehead atoms. The van der Waals surface area contributed by atoms with Crippen LogP contribution in [-0.4, -0.2) is 56.8 Å². The van der Waals surface area contributed by atoms with Crippen LogP contribution in [0.15, 0.2) is 95.9 Å². The molecule has 3 aromatic carbocycles. The van der Waals surface area contributed by atoms with Gasteiger partial charge in [0.2, 0.25) is 15.9 Å². The molecule has 1 heterocycles. The number of carbonyl (C=O) groups excluding carboxylic acids is 1. The minimum absolute atomic E-state index is 0.0478. The maximum Gasteiger partial charge on any atom is 0.242 e. The molecule has 190 valence electrons. The fourth-order valence-corrected chi connectivity index (χ4v) is 6.44. The molecule has 1 atom stereocenters. The van der Waals surface area contributed by atoms with Crippen molar-refractivity contribution in [3.63, 3.8) is 0 Å². The van der Waals surface area contributed by atoms with Gasteiger partial charge in [-0.2, -0.15) is 0 Å². The van der Waals surface area contributed by atoms with Gasteiger partial charge in [0.1, 0.15) is 0 Å². The molecule has 1 saturated heterocycles. The molecule has 0 spiro atoms. The SMILES string of the molecule is CN(C[C@H](CCN1CCC(C(N)=O)(c2ccccc2)CC1)c1ccccc1)S(=O)(=O)c1ccccc1. The lowest BCUT2D eigenvalue weighted by atomic mass is 9.72. The highest BCUT2D eigenvalue weighted by Crippen LogP contribution is 2.36. The van der Waals surface area contributed by atoms with E-state index in [2.05, 4.69) is 17.0 Å². The Morgan fingerprint density at radius 1 is 0.917 bits per heavy atom. The normalized spacial score (nSPS) is 17.1. The van der Waals surface area contributed by atoms with Gasteiger partial charge in [-0.15, -0.1) is 0 Å². The number of likely N-dealkylation sites (tertiary alicyclic amines) is 1. The van der Waals surface area contributed by atoms with E-state index in [1.807, 2.05) is 54.6 Å². The van der Waals surface area contributed by atoms with Crippen LogP contribution in [0.1, 0.15) is 36.3 Å². The summed E-state index contributed by atoms with van der Waals surface area (Å²) < 4.78 is 27.8. The van der Waals surface area contributed by atoms with Crippen molar-refractivity contribution in [1.82, 2.24) is 9.21 Å². The van der Waals surface area contributed by atoms with Crippen LogP contribution >= 0.6 is 0 Å². The lowest BCUT2D eigenvalue weighted by Crippen LogP contribution is -2.50. The number of hydrogen-bond donors (Lipinski definition) is 1. The zero-order valence-corrected chi connectivity index (χ0v) is 21.6. The monoisotopic (exact) mass is 505 g/mol. The Morgan fingerprint density at radius 2 is 1.44 bits per heavy atom. The smallest absolute Gasteiger partial charge is 0.242 e. The van der Waals surface area contributed by atoms with Crippen LogP contribution in [0.2, 0.25) is 0 Å².